The molecule has 0 spiro atoms. The van der Waals surface area contributed by atoms with Gasteiger partial charge in [-0.15, -0.1) is 0 Å². The van der Waals surface area contributed by atoms with Crippen LogP contribution in [0.2, 0.25) is 0 Å². The quantitative estimate of drug-likeness (QED) is 0.743. The van der Waals surface area contributed by atoms with E-state index in [2.05, 4.69) is 5.32 Å². The van der Waals surface area contributed by atoms with Crippen molar-refractivity contribution in [2.45, 2.75) is 13.8 Å². The van der Waals surface area contributed by atoms with Gasteiger partial charge in [-0.25, -0.2) is 4.39 Å². The Labute approximate surface area is 133 Å². The molecule has 1 heterocycles. The van der Waals surface area contributed by atoms with E-state index >= 15 is 0 Å². The lowest BCUT2D eigenvalue weighted by molar-refractivity contribution is 0.0997. The zero-order valence-corrected chi connectivity index (χ0v) is 12.9. The molecule has 0 bridgehead atoms. The summed E-state index contributed by atoms with van der Waals surface area (Å²) < 4.78 is 18.5. The van der Waals surface area contributed by atoms with Gasteiger partial charge < -0.3 is 9.73 Å². The molecule has 116 valence electrons. The number of furan rings is 1. The number of hydrogen-bond acceptors (Lipinski definition) is 2. The molecule has 23 heavy (non-hydrogen) atoms. The number of nitrogens with one attached hydrogen (secondary N) is 1. The Morgan fingerprint density at radius 2 is 1.70 bits per heavy atom. The summed E-state index contributed by atoms with van der Waals surface area (Å²) in [6.45, 7) is 4.08. The van der Waals surface area contributed by atoms with E-state index < -0.39 is 0 Å². The molecule has 3 rings (SSSR count). The second-order valence-corrected chi connectivity index (χ2v) is 5.42. The molecule has 4 heteroatoms. The summed E-state index contributed by atoms with van der Waals surface area (Å²) in [5.41, 5.74) is 3.81. The van der Waals surface area contributed by atoms with E-state index in [-0.39, 0.29) is 17.5 Å². The predicted molar refractivity (Wildman–Crippen MR) is 88.0 cm³/mol. The SMILES string of the molecule is Cc1ccc(-c2ccc(C(=O)Nc3ccc(F)cc3)o2)cc1C. The van der Waals surface area contributed by atoms with Gasteiger partial charge in [0.2, 0.25) is 0 Å². The molecule has 0 radical (unpaired) electrons. The molecule has 3 nitrogen and oxygen atoms in total. The fraction of sp³-hybridized carbons (Fsp3) is 0.105. The Kier molecular flexibility index (Phi) is 3.98. The normalized spacial score (nSPS) is 10.6. The average Bonchev–Trinajstić information content (AvgIpc) is 3.02. The Bertz CT molecular complexity index is 850. The van der Waals surface area contributed by atoms with Crippen LogP contribution in [0.25, 0.3) is 11.3 Å². The molecule has 0 fully saturated rings. The van der Waals surface area contributed by atoms with Crippen LogP contribution in [0, 0.1) is 19.7 Å². The topological polar surface area (TPSA) is 42.2 Å². The van der Waals surface area contributed by atoms with Crippen molar-refractivity contribution >= 4 is 11.6 Å². The van der Waals surface area contributed by atoms with Crippen LogP contribution in [-0.2, 0) is 0 Å². The first-order valence-electron chi connectivity index (χ1n) is 7.27. The zero-order chi connectivity index (χ0) is 16.4. The zero-order valence-electron chi connectivity index (χ0n) is 12.9. The molecule has 1 N–H and O–H groups in total. The largest absolute Gasteiger partial charge is 0.451 e. The van der Waals surface area contributed by atoms with Gasteiger partial charge in [-0.1, -0.05) is 12.1 Å². The first kappa shape index (κ1) is 15.0. The summed E-state index contributed by atoms with van der Waals surface area (Å²) in [6.07, 6.45) is 0. The van der Waals surface area contributed by atoms with Gasteiger partial charge in [0.25, 0.3) is 5.91 Å². The third-order valence-corrected chi connectivity index (χ3v) is 3.72. The molecule has 1 amide bonds. The van der Waals surface area contributed by atoms with Gasteiger partial charge in [-0.05, 0) is 67.4 Å². The second-order valence-electron chi connectivity index (χ2n) is 5.42. The Hall–Kier alpha value is -2.88. The molecule has 0 saturated heterocycles. The lowest BCUT2D eigenvalue weighted by atomic mass is 10.1. The highest BCUT2D eigenvalue weighted by Crippen LogP contribution is 2.25. The Morgan fingerprint density at radius 3 is 2.39 bits per heavy atom. The van der Waals surface area contributed by atoms with Gasteiger partial charge in [0.05, 0.1) is 0 Å². The summed E-state index contributed by atoms with van der Waals surface area (Å²) >= 11 is 0. The molecule has 0 atom stereocenters. The van der Waals surface area contributed by atoms with Crippen molar-refractivity contribution in [1.29, 1.82) is 0 Å². The first-order chi connectivity index (χ1) is 11.0. The highest BCUT2D eigenvalue weighted by molar-refractivity contribution is 6.02. The van der Waals surface area contributed by atoms with E-state index in [1.165, 1.54) is 29.8 Å². The monoisotopic (exact) mass is 309 g/mol. The third kappa shape index (κ3) is 3.31. The maximum absolute atomic E-state index is 12.9. The smallest absolute Gasteiger partial charge is 0.291 e. The fourth-order valence-corrected chi connectivity index (χ4v) is 2.24. The molecular weight excluding hydrogens is 293 g/mol. The lowest BCUT2D eigenvalue weighted by Gasteiger charge is -2.04. The molecule has 3 aromatic rings. The van der Waals surface area contributed by atoms with Crippen LogP contribution >= 0.6 is 0 Å². The number of benzene rings is 2. The molecule has 1 aromatic heterocycles. The number of rotatable bonds is 3. The molecule has 0 aliphatic heterocycles. The number of carbonyl (C=O) groups is 1. The summed E-state index contributed by atoms with van der Waals surface area (Å²) in [5.74, 6) is 0.129. The minimum Gasteiger partial charge on any atom is -0.451 e. The van der Waals surface area contributed by atoms with Gasteiger partial charge in [-0.2, -0.15) is 0 Å². The summed E-state index contributed by atoms with van der Waals surface area (Å²) in [6, 6.07) is 15.0. The Balaban J connectivity index is 1.79. The number of amides is 1. The van der Waals surface area contributed by atoms with Crippen LogP contribution in [0.3, 0.4) is 0 Å². The van der Waals surface area contributed by atoms with Gasteiger partial charge in [0.15, 0.2) is 5.76 Å². The number of hydrogen-bond donors (Lipinski definition) is 1. The van der Waals surface area contributed by atoms with Crippen LogP contribution in [0.4, 0.5) is 10.1 Å². The third-order valence-electron chi connectivity index (χ3n) is 3.72. The van der Waals surface area contributed by atoms with Crippen molar-refractivity contribution in [2.24, 2.45) is 0 Å². The van der Waals surface area contributed by atoms with Crippen molar-refractivity contribution in [3.8, 4) is 11.3 Å². The number of carbonyl (C=O) groups excluding carboxylic acids is 1. The van der Waals surface area contributed by atoms with Crippen molar-refractivity contribution < 1.29 is 13.6 Å². The molecular formula is C19H16FNO2. The highest BCUT2D eigenvalue weighted by atomic mass is 19.1. The summed E-state index contributed by atoms with van der Waals surface area (Å²) in [7, 11) is 0. The fourth-order valence-electron chi connectivity index (χ4n) is 2.24. The van der Waals surface area contributed by atoms with Gasteiger partial charge >= 0.3 is 0 Å². The standard InChI is InChI=1S/C19H16FNO2/c1-12-3-4-14(11-13(12)2)17-9-10-18(23-17)19(22)21-16-7-5-15(20)6-8-16/h3-11H,1-2H3,(H,21,22). The average molecular weight is 309 g/mol. The van der Waals surface area contributed by atoms with E-state index in [1.807, 2.05) is 32.0 Å². The van der Waals surface area contributed by atoms with Crippen molar-refractivity contribution in [2.75, 3.05) is 5.32 Å². The Morgan fingerprint density at radius 1 is 0.957 bits per heavy atom. The van der Waals surface area contributed by atoms with Crippen LogP contribution in [-0.4, -0.2) is 5.91 Å². The summed E-state index contributed by atoms with van der Waals surface area (Å²) in [5, 5.41) is 2.67. The van der Waals surface area contributed by atoms with Crippen LogP contribution in [0.15, 0.2) is 59.0 Å². The van der Waals surface area contributed by atoms with Crippen molar-refractivity contribution in [3.05, 3.63) is 77.3 Å². The van der Waals surface area contributed by atoms with Crippen molar-refractivity contribution in [3.63, 3.8) is 0 Å². The van der Waals surface area contributed by atoms with Crippen LogP contribution < -0.4 is 5.32 Å². The lowest BCUT2D eigenvalue weighted by Crippen LogP contribution is -2.10. The van der Waals surface area contributed by atoms with Gasteiger partial charge in [0, 0.05) is 11.3 Å². The second kappa shape index (κ2) is 6.08. The van der Waals surface area contributed by atoms with Gasteiger partial charge in [0.1, 0.15) is 11.6 Å². The maximum atomic E-state index is 12.9. The van der Waals surface area contributed by atoms with E-state index in [1.54, 1.807) is 12.1 Å². The first-order valence-corrected chi connectivity index (χ1v) is 7.27. The van der Waals surface area contributed by atoms with E-state index in [9.17, 15) is 9.18 Å². The summed E-state index contributed by atoms with van der Waals surface area (Å²) in [4.78, 5) is 12.2. The highest BCUT2D eigenvalue weighted by Gasteiger charge is 2.13. The number of aryl methyl sites for hydroxylation is 2. The maximum Gasteiger partial charge on any atom is 0.291 e. The molecule has 0 unspecified atom stereocenters. The number of anilines is 1. The molecule has 0 saturated carbocycles. The van der Waals surface area contributed by atoms with E-state index in [4.69, 9.17) is 4.42 Å². The van der Waals surface area contributed by atoms with Gasteiger partial charge in [-0.3, -0.25) is 4.79 Å². The van der Waals surface area contributed by atoms with Crippen LogP contribution in [0.5, 0.6) is 0 Å². The van der Waals surface area contributed by atoms with E-state index in [0.29, 0.717) is 11.4 Å². The minimum absolute atomic E-state index is 0.211. The number of halogens is 1. The van der Waals surface area contributed by atoms with Crippen LogP contribution in [0.1, 0.15) is 21.7 Å². The molecule has 0 aliphatic carbocycles. The van der Waals surface area contributed by atoms with E-state index in [0.717, 1.165) is 11.1 Å². The molecule has 2 aromatic carbocycles. The van der Waals surface area contributed by atoms with Crippen molar-refractivity contribution in [1.82, 2.24) is 0 Å². The predicted octanol–water partition coefficient (Wildman–Crippen LogP) is 4.95. The molecule has 0 aliphatic rings. The minimum atomic E-state index is -0.369.